The Labute approximate surface area is 229 Å². The van der Waals surface area contributed by atoms with E-state index in [0.29, 0.717) is 5.56 Å². The minimum atomic E-state index is -1.10. The molecule has 0 aromatic heterocycles. The van der Waals surface area contributed by atoms with Crippen LogP contribution in [0.4, 0.5) is 14.4 Å². The van der Waals surface area contributed by atoms with E-state index >= 15 is 0 Å². The predicted molar refractivity (Wildman–Crippen MR) is 139 cm³/mol. The van der Waals surface area contributed by atoms with E-state index in [2.05, 4.69) is 4.74 Å². The maximum absolute atomic E-state index is 12.5. The number of hydrogen-bond acceptors (Lipinski definition) is 12. The fraction of sp³-hybridized carbons (Fsp3) is 0.630. The van der Waals surface area contributed by atoms with Crippen LogP contribution in [0.25, 0.3) is 0 Å². The summed E-state index contributed by atoms with van der Waals surface area (Å²) in [5.74, 6) is -0.664. The van der Waals surface area contributed by atoms with Gasteiger partial charge in [-0.2, -0.15) is 0 Å². The summed E-state index contributed by atoms with van der Waals surface area (Å²) in [6.07, 6.45) is -2.80. The van der Waals surface area contributed by atoms with Crippen molar-refractivity contribution in [3.8, 4) is 11.5 Å². The van der Waals surface area contributed by atoms with Crippen LogP contribution < -0.4 is 15.2 Å². The highest BCUT2D eigenvalue weighted by Gasteiger charge is 2.25. The van der Waals surface area contributed by atoms with Gasteiger partial charge in [-0.3, -0.25) is 4.79 Å². The Kier molecular flexibility index (Phi) is 14.7. The van der Waals surface area contributed by atoms with Crippen LogP contribution >= 0.6 is 0 Å². The van der Waals surface area contributed by atoms with Crippen LogP contribution in [0.2, 0.25) is 0 Å². The zero-order valence-corrected chi connectivity index (χ0v) is 23.7. The molecular formula is C27H41NO11. The second-order valence-corrected chi connectivity index (χ2v) is 9.36. The van der Waals surface area contributed by atoms with Gasteiger partial charge >= 0.3 is 24.4 Å². The smallest absolute Gasteiger partial charge is 0.458 e. The van der Waals surface area contributed by atoms with E-state index in [4.69, 9.17) is 34.2 Å². The molecule has 0 radical (unpaired) electrons. The molecular weight excluding hydrogens is 514 g/mol. The summed E-state index contributed by atoms with van der Waals surface area (Å²) in [4.78, 5) is 48.3. The van der Waals surface area contributed by atoms with Gasteiger partial charge in [0.1, 0.15) is 18.2 Å². The summed E-state index contributed by atoms with van der Waals surface area (Å²) < 4.78 is 35.5. The Balaban J connectivity index is 2.97. The van der Waals surface area contributed by atoms with Gasteiger partial charge in [0.15, 0.2) is 11.5 Å². The number of methoxy groups -OCH3 is 1. The molecule has 5 atom stereocenters. The van der Waals surface area contributed by atoms with E-state index in [0.717, 1.165) is 20.0 Å². The fourth-order valence-corrected chi connectivity index (χ4v) is 2.74. The third kappa shape index (κ3) is 12.7. The van der Waals surface area contributed by atoms with Gasteiger partial charge in [-0.05, 0) is 49.8 Å². The van der Waals surface area contributed by atoms with Crippen LogP contribution in [0.15, 0.2) is 18.2 Å². The van der Waals surface area contributed by atoms with E-state index in [-0.39, 0.29) is 43.0 Å². The first-order chi connectivity index (χ1) is 18.4. The van der Waals surface area contributed by atoms with Crippen molar-refractivity contribution >= 4 is 24.4 Å². The maximum Gasteiger partial charge on any atom is 0.513 e. The van der Waals surface area contributed by atoms with Gasteiger partial charge in [-0.15, -0.1) is 0 Å². The standard InChI is InChI=1S/C27H41NO11/c1-8-16(3)14-34-26(31)38-22-11-10-20(13-23(22)39-27(32)35-15-17(4)9-2)12-21(28)24(29)36-18(5)19(6)37-25(30)33-7/h10-11,13,16-19,21H,8-9,12,14-15,28H2,1-7H3/t16?,17?,18-,19?,21-/m0/s1. The van der Waals surface area contributed by atoms with Crippen molar-refractivity contribution in [2.75, 3.05) is 20.3 Å². The SMILES string of the molecule is CCC(C)COC(=O)Oc1ccc(C[C@H](N)C(=O)O[C@@H](C)C(C)OC(=O)OC)cc1OC(=O)OCC(C)CC. The lowest BCUT2D eigenvalue weighted by molar-refractivity contribution is -0.155. The molecule has 12 nitrogen and oxygen atoms in total. The van der Waals surface area contributed by atoms with Crippen LogP contribution in [-0.4, -0.2) is 63.0 Å². The Hall–Kier alpha value is -3.54. The first-order valence-electron chi connectivity index (χ1n) is 12.9. The zero-order chi connectivity index (χ0) is 29.5. The van der Waals surface area contributed by atoms with Crippen molar-refractivity contribution in [3.05, 3.63) is 23.8 Å². The molecule has 0 aliphatic carbocycles. The Bertz CT molecular complexity index is 952. The summed E-state index contributed by atoms with van der Waals surface area (Å²) in [6, 6.07) is 3.25. The zero-order valence-electron chi connectivity index (χ0n) is 23.7. The van der Waals surface area contributed by atoms with Crippen molar-refractivity contribution < 1.29 is 52.3 Å². The largest absolute Gasteiger partial charge is 0.513 e. The molecule has 1 aromatic carbocycles. The summed E-state index contributed by atoms with van der Waals surface area (Å²) in [5, 5.41) is 0. The van der Waals surface area contributed by atoms with Crippen LogP contribution in [-0.2, 0) is 34.9 Å². The van der Waals surface area contributed by atoms with Gasteiger partial charge in [0.2, 0.25) is 0 Å². The number of hydrogen-bond donors (Lipinski definition) is 1. The number of ether oxygens (including phenoxy) is 7. The van der Waals surface area contributed by atoms with Crippen molar-refractivity contribution in [1.29, 1.82) is 0 Å². The number of rotatable bonds is 14. The molecule has 12 heteroatoms. The first kappa shape index (κ1) is 33.5. The van der Waals surface area contributed by atoms with E-state index in [9.17, 15) is 19.2 Å². The maximum atomic E-state index is 12.5. The second-order valence-electron chi connectivity index (χ2n) is 9.36. The molecule has 0 fully saturated rings. The Morgan fingerprint density at radius 1 is 0.769 bits per heavy atom. The molecule has 1 rings (SSSR count). The van der Waals surface area contributed by atoms with Crippen LogP contribution in [0.1, 0.15) is 59.9 Å². The molecule has 39 heavy (non-hydrogen) atoms. The van der Waals surface area contributed by atoms with Crippen molar-refractivity contribution in [2.24, 2.45) is 17.6 Å². The number of carbonyl (C=O) groups excluding carboxylic acids is 4. The molecule has 0 aliphatic rings. The second kappa shape index (κ2) is 17.1. The number of carbonyl (C=O) groups is 4. The molecule has 220 valence electrons. The summed E-state index contributed by atoms with van der Waals surface area (Å²) in [5.41, 5.74) is 6.51. The average molecular weight is 556 g/mol. The number of benzene rings is 1. The highest BCUT2D eigenvalue weighted by molar-refractivity contribution is 5.76. The van der Waals surface area contributed by atoms with E-state index in [1.165, 1.54) is 19.1 Å². The first-order valence-corrected chi connectivity index (χ1v) is 12.9. The third-order valence-corrected chi connectivity index (χ3v) is 5.93. The molecule has 2 N–H and O–H groups in total. The molecule has 0 saturated carbocycles. The van der Waals surface area contributed by atoms with Gasteiger partial charge < -0.3 is 38.9 Å². The molecule has 0 heterocycles. The summed E-state index contributed by atoms with van der Waals surface area (Å²) in [6.45, 7) is 11.2. The fourth-order valence-electron chi connectivity index (χ4n) is 2.74. The van der Waals surface area contributed by atoms with Crippen molar-refractivity contribution in [1.82, 2.24) is 0 Å². The lowest BCUT2D eigenvalue weighted by atomic mass is 10.1. The summed E-state index contributed by atoms with van der Waals surface area (Å²) in [7, 11) is 1.16. The minimum Gasteiger partial charge on any atom is -0.458 e. The lowest BCUT2D eigenvalue weighted by Gasteiger charge is -2.22. The van der Waals surface area contributed by atoms with E-state index < -0.39 is 42.7 Å². The Morgan fingerprint density at radius 2 is 1.28 bits per heavy atom. The molecule has 3 unspecified atom stereocenters. The topological polar surface area (TPSA) is 159 Å². The Morgan fingerprint density at radius 3 is 1.79 bits per heavy atom. The highest BCUT2D eigenvalue weighted by atomic mass is 16.7. The lowest BCUT2D eigenvalue weighted by Crippen LogP contribution is -2.39. The van der Waals surface area contributed by atoms with E-state index in [1.54, 1.807) is 13.0 Å². The van der Waals surface area contributed by atoms with Gasteiger partial charge in [-0.25, -0.2) is 14.4 Å². The van der Waals surface area contributed by atoms with Crippen molar-refractivity contribution in [3.63, 3.8) is 0 Å². The van der Waals surface area contributed by atoms with E-state index in [1.807, 2.05) is 27.7 Å². The quantitative estimate of drug-likeness (QED) is 0.190. The molecule has 0 bridgehead atoms. The third-order valence-electron chi connectivity index (χ3n) is 5.93. The van der Waals surface area contributed by atoms with Crippen LogP contribution in [0, 0.1) is 11.8 Å². The monoisotopic (exact) mass is 555 g/mol. The van der Waals surface area contributed by atoms with Gasteiger partial charge in [-0.1, -0.05) is 46.6 Å². The minimum absolute atomic E-state index is 0.00515. The molecule has 0 spiro atoms. The average Bonchev–Trinajstić information content (AvgIpc) is 2.91. The van der Waals surface area contributed by atoms with Gasteiger partial charge in [0.25, 0.3) is 0 Å². The van der Waals surface area contributed by atoms with Gasteiger partial charge in [0.05, 0.1) is 20.3 Å². The number of esters is 1. The normalized spacial score (nSPS) is 14.6. The molecule has 0 amide bonds. The van der Waals surface area contributed by atoms with Crippen LogP contribution in [0.3, 0.4) is 0 Å². The summed E-state index contributed by atoms with van der Waals surface area (Å²) >= 11 is 0. The molecule has 0 saturated heterocycles. The molecule has 0 aliphatic heterocycles. The van der Waals surface area contributed by atoms with Gasteiger partial charge in [0, 0.05) is 0 Å². The predicted octanol–water partition coefficient (Wildman–Crippen LogP) is 4.78. The van der Waals surface area contributed by atoms with Crippen molar-refractivity contribution in [2.45, 2.75) is 79.1 Å². The highest BCUT2D eigenvalue weighted by Crippen LogP contribution is 2.30. The number of nitrogens with two attached hydrogens (primary N) is 1. The van der Waals surface area contributed by atoms with Crippen LogP contribution in [0.5, 0.6) is 11.5 Å². The molecule has 1 aromatic rings.